The standard InChI is InChI=1S/C17H15N3O5/c1-3-19-16(21)13(18-17(19)22)9-12-6-7-15(25-12)11-5-4-10(2)14(8-11)20(23)24/h4-9H,3H2,1-2H3,(H,18,22)/b13-9+. The molecule has 0 spiro atoms. The molecule has 2 aromatic rings. The smallest absolute Gasteiger partial charge is 0.328 e. The van der Waals surface area contributed by atoms with Gasteiger partial charge in [0.2, 0.25) is 0 Å². The van der Waals surface area contributed by atoms with Crippen molar-refractivity contribution < 1.29 is 18.9 Å². The lowest BCUT2D eigenvalue weighted by atomic mass is 10.1. The molecule has 128 valence electrons. The summed E-state index contributed by atoms with van der Waals surface area (Å²) in [5.74, 6) is 0.371. The van der Waals surface area contributed by atoms with Crippen LogP contribution in [0.15, 0.2) is 40.4 Å². The van der Waals surface area contributed by atoms with E-state index >= 15 is 0 Å². The Morgan fingerprint density at radius 1 is 1.28 bits per heavy atom. The van der Waals surface area contributed by atoms with Gasteiger partial charge in [-0.25, -0.2) is 4.79 Å². The van der Waals surface area contributed by atoms with E-state index in [9.17, 15) is 19.7 Å². The van der Waals surface area contributed by atoms with Crippen molar-refractivity contribution in [2.45, 2.75) is 13.8 Å². The molecule has 0 aliphatic carbocycles. The van der Waals surface area contributed by atoms with Crippen LogP contribution < -0.4 is 5.32 Å². The average molecular weight is 341 g/mol. The molecular formula is C17H15N3O5. The molecule has 1 fully saturated rings. The Morgan fingerprint density at radius 3 is 2.68 bits per heavy atom. The Balaban J connectivity index is 1.90. The number of carbonyl (C=O) groups excluding carboxylic acids is 2. The van der Waals surface area contributed by atoms with Crippen molar-refractivity contribution >= 4 is 23.7 Å². The van der Waals surface area contributed by atoms with Gasteiger partial charge in [-0.3, -0.25) is 19.8 Å². The lowest BCUT2D eigenvalue weighted by Crippen LogP contribution is -2.30. The molecule has 25 heavy (non-hydrogen) atoms. The summed E-state index contributed by atoms with van der Waals surface area (Å²) in [5, 5.41) is 13.5. The van der Waals surface area contributed by atoms with E-state index in [1.54, 1.807) is 38.1 Å². The predicted molar refractivity (Wildman–Crippen MR) is 89.4 cm³/mol. The van der Waals surface area contributed by atoms with Gasteiger partial charge in [0, 0.05) is 29.8 Å². The van der Waals surface area contributed by atoms with Crippen LogP contribution in [0.1, 0.15) is 18.2 Å². The van der Waals surface area contributed by atoms with Crippen molar-refractivity contribution in [3.05, 3.63) is 57.5 Å². The number of amides is 3. The number of imide groups is 1. The Hall–Kier alpha value is -3.42. The monoisotopic (exact) mass is 341 g/mol. The predicted octanol–water partition coefficient (Wildman–Crippen LogP) is 3.08. The molecule has 1 aromatic heterocycles. The number of nitrogens with zero attached hydrogens (tertiary/aromatic N) is 2. The van der Waals surface area contributed by atoms with Gasteiger partial charge in [-0.1, -0.05) is 12.1 Å². The molecule has 0 saturated carbocycles. The lowest BCUT2D eigenvalue weighted by molar-refractivity contribution is -0.385. The highest BCUT2D eigenvalue weighted by Crippen LogP contribution is 2.29. The summed E-state index contributed by atoms with van der Waals surface area (Å²) in [7, 11) is 0. The highest BCUT2D eigenvalue weighted by Gasteiger charge is 2.32. The highest BCUT2D eigenvalue weighted by atomic mass is 16.6. The zero-order valence-corrected chi connectivity index (χ0v) is 13.6. The molecule has 1 N–H and O–H groups in total. The van der Waals surface area contributed by atoms with Gasteiger partial charge in [0.15, 0.2) is 0 Å². The van der Waals surface area contributed by atoms with Gasteiger partial charge in [-0.2, -0.15) is 0 Å². The van der Waals surface area contributed by atoms with E-state index in [0.29, 0.717) is 22.6 Å². The number of nitro groups is 1. The van der Waals surface area contributed by atoms with Crippen LogP contribution in [0.4, 0.5) is 10.5 Å². The van der Waals surface area contributed by atoms with Crippen LogP contribution in [0, 0.1) is 17.0 Å². The maximum absolute atomic E-state index is 12.0. The summed E-state index contributed by atoms with van der Waals surface area (Å²) in [6, 6.07) is 7.61. The fourth-order valence-electron chi connectivity index (χ4n) is 2.55. The molecule has 2 heterocycles. The lowest BCUT2D eigenvalue weighted by Gasteiger charge is -2.05. The number of benzene rings is 1. The second kappa shape index (κ2) is 6.23. The van der Waals surface area contributed by atoms with Crippen LogP contribution >= 0.6 is 0 Å². The number of hydrogen-bond donors (Lipinski definition) is 1. The molecule has 1 aromatic carbocycles. The first kappa shape index (κ1) is 16.4. The van der Waals surface area contributed by atoms with Crippen LogP contribution in [0.2, 0.25) is 0 Å². The van der Waals surface area contributed by atoms with Gasteiger partial charge < -0.3 is 9.73 Å². The number of likely N-dealkylation sites (N-methyl/N-ethyl adjacent to an activating group) is 1. The minimum atomic E-state index is -0.473. The summed E-state index contributed by atoms with van der Waals surface area (Å²) in [4.78, 5) is 35.4. The third-order valence-electron chi connectivity index (χ3n) is 3.88. The third-order valence-corrected chi connectivity index (χ3v) is 3.88. The fraction of sp³-hybridized carbons (Fsp3) is 0.176. The van der Waals surface area contributed by atoms with E-state index in [-0.39, 0.29) is 17.9 Å². The number of nitro benzene ring substituents is 1. The van der Waals surface area contributed by atoms with Gasteiger partial charge in [-0.05, 0) is 26.0 Å². The van der Waals surface area contributed by atoms with Crippen molar-refractivity contribution in [1.82, 2.24) is 10.2 Å². The number of rotatable bonds is 4. The molecule has 0 unspecified atom stereocenters. The van der Waals surface area contributed by atoms with E-state index in [1.165, 1.54) is 12.1 Å². The average Bonchev–Trinajstić information content (AvgIpc) is 3.13. The molecule has 3 rings (SSSR count). The van der Waals surface area contributed by atoms with E-state index in [0.717, 1.165) is 4.90 Å². The van der Waals surface area contributed by atoms with Crippen molar-refractivity contribution in [3.8, 4) is 11.3 Å². The van der Waals surface area contributed by atoms with Crippen LogP contribution in [0.3, 0.4) is 0 Å². The molecule has 8 heteroatoms. The second-order valence-electron chi connectivity index (χ2n) is 5.50. The van der Waals surface area contributed by atoms with Gasteiger partial charge in [-0.15, -0.1) is 0 Å². The van der Waals surface area contributed by atoms with E-state index in [4.69, 9.17) is 4.42 Å². The summed E-state index contributed by atoms with van der Waals surface area (Å²) < 4.78 is 5.64. The Labute approximate surface area is 142 Å². The molecule has 8 nitrogen and oxygen atoms in total. The molecule has 3 amide bonds. The van der Waals surface area contributed by atoms with Crippen molar-refractivity contribution in [2.24, 2.45) is 0 Å². The number of hydrogen-bond acceptors (Lipinski definition) is 5. The van der Waals surface area contributed by atoms with Crippen LogP contribution in [-0.2, 0) is 4.79 Å². The minimum Gasteiger partial charge on any atom is -0.457 e. The number of carbonyl (C=O) groups is 2. The summed E-state index contributed by atoms with van der Waals surface area (Å²) in [6.07, 6.45) is 1.43. The normalized spacial score (nSPS) is 15.8. The van der Waals surface area contributed by atoms with Gasteiger partial charge >= 0.3 is 6.03 Å². The van der Waals surface area contributed by atoms with Crippen molar-refractivity contribution in [3.63, 3.8) is 0 Å². The van der Waals surface area contributed by atoms with Gasteiger partial charge in [0.25, 0.3) is 11.6 Å². The SMILES string of the molecule is CCN1C(=O)N/C(=C/c2ccc(-c3ccc(C)c([N+](=O)[O-])c3)o2)C1=O. The maximum atomic E-state index is 12.0. The minimum absolute atomic E-state index is 0.00521. The molecular weight excluding hydrogens is 326 g/mol. The number of furan rings is 1. The van der Waals surface area contributed by atoms with Crippen molar-refractivity contribution in [1.29, 1.82) is 0 Å². The Bertz CT molecular complexity index is 913. The molecule has 0 radical (unpaired) electrons. The van der Waals surface area contributed by atoms with Crippen molar-refractivity contribution in [2.75, 3.05) is 6.54 Å². The highest BCUT2D eigenvalue weighted by molar-refractivity contribution is 6.13. The van der Waals surface area contributed by atoms with Crippen LogP contribution in [0.5, 0.6) is 0 Å². The number of aryl methyl sites for hydroxylation is 1. The third kappa shape index (κ3) is 3.01. The quantitative estimate of drug-likeness (QED) is 0.398. The fourth-order valence-corrected chi connectivity index (χ4v) is 2.55. The zero-order chi connectivity index (χ0) is 18.1. The number of nitrogens with one attached hydrogen (secondary N) is 1. The summed E-state index contributed by atoms with van der Waals surface area (Å²) >= 11 is 0. The second-order valence-corrected chi connectivity index (χ2v) is 5.50. The first-order valence-corrected chi connectivity index (χ1v) is 7.60. The van der Waals surface area contributed by atoms with E-state index in [2.05, 4.69) is 5.32 Å². The molecule has 1 aliphatic rings. The molecule has 0 bridgehead atoms. The summed E-state index contributed by atoms with van der Waals surface area (Å²) in [6.45, 7) is 3.64. The van der Waals surface area contributed by atoms with Gasteiger partial charge in [0.05, 0.1) is 4.92 Å². The summed E-state index contributed by atoms with van der Waals surface area (Å²) in [5.41, 5.74) is 1.24. The Kier molecular flexibility index (Phi) is 4.10. The molecule has 1 aliphatic heterocycles. The topological polar surface area (TPSA) is 106 Å². The van der Waals surface area contributed by atoms with Gasteiger partial charge in [0.1, 0.15) is 17.2 Å². The van der Waals surface area contributed by atoms with Crippen LogP contribution in [-0.4, -0.2) is 28.3 Å². The maximum Gasteiger partial charge on any atom is 0.328 e. The number of urea groups is 1. The van der Waals surface area contributed by atoms with E-state index in [1.807, 2.05) is 0 Å². The molecule has 1 saturated heterocycles. The largest absolute Gasteiger partial charge is 0.457 e. The molecule has 0 atom stereocenters. The first-order valence-electron chi connectivity index (χ1n) is 7.60. The van der Waals surface area contributed by atoms with Crippen LogP contribution in [0.25, 0.3) is 17.4 Å². The zero-order valence-electron chi connectivity index (χ0n) is 13.6. The Morgan fingerprint density at radius 2 is 2.04 bits per heavy atom. The van der Waals surface area contributed by atoms with E-state index < -0.39 is 16.9 Å². The first-order chi connectivity index (χ1) is 11.9.